The minimum Gasteiger partial charge on any atom is -0.398 e. The summed E-state index contributed by atoms with van der Waals surface area (Å²) in [5.41, 5.74) is 11.4. The SMILES string of the molecule is CCCCc1ccc2nc(-c3ccccc3)cc(C(=O)NC(CSCCC(C)=O)C(=O)NCc3ccccc3N)c2c1. The van der Waals surface area contributed by atoms with Crippen LogP contribution in [0.4, 0.5) is 5.69 Å². The van der Waals surface area contributed by atoms with E-state index in [0.29, 0.717) is 34.9 Å². The van der Waals surface area contributed by atoms with E-state index in [0.717, 1.165) is 46.9 Å². The van der Waals surface area contributed by atoms with Crippen molar-refractivity contribution in [3.63, 3.8) is 0 Å². The second kappa shape index (κ2) is 15.2. The van der Waals surface area contributed by atoms with Gasteiger partial charge in [0.25, 0.3) is 5.91 Å². The molecule has 0 spiro atoms. The molecule has 1 heterocycles. The molecule has 1 unspecified atom stereocenters. The highest BCUT2D eigenvalue weighted by Crippen LogP contribution is 2.26. The number of para-hydroxylation sites is 1. The molecule has 8 heteroatoms. The maximum absolute atomic E-state index is 13.9. The molecule has 3 aromatic carbocycles. The number of nitrogens with two attached hydrogens (primary N) is 1. The monoisotopic (exact) mass is 582 g/mol. The van der Waals surface area contributed by atoms with Gasteiger partial charge >= 0.3 is 0 Å². The number of aryl methyl sites for hydroxylation is 1. The van der Waals surface area contributed by atoms with Crippen LogP contribution < -0.4 is 16.4 Å². The van der Waals surface area contributed by atoms with Crippen LogP contribution in [0.5, 0.6) is 0 Å². The summed E-state index contributed by atoms with van der Waals surface area (Å²) >= 11 is 1.46. The van der Waals surface area contributed by atoms with E-state index in [-0.39, 0.29) is 24.1 Å². The lowest BCUT2D eigenvalue weighted by molar-refractivity contribution is -0.122. The zero-order valence-electron chi connectivity index (χ0n) is 24.2. The molecule has 0 aliphatic rings. The average molecular weight is 583 g/mol. The Kier molecular flexibility index (Phi) is 11.1. The minimum atomic E-state index is -0.814. The van der Waals surface area contributed by atoms with Crippen LogP contribution in [-0.2, 0) is 22.6 Å². The molecule has 218 valence electrons. The Labute approximate surface area is 251 Å². The molecule has 1 atom stereocenters. The highest BCUT2D eigenvalue weighted by molar-refractivity contribution is 7.99. The minimum absolute atomic E-state index is 0.0858. The van der Waals surface area contributed by atoms with E-state index in [4.69, 9.17) is 10.7 Å². The van der Waals surface area contributed by atoms with E-state index in [1.54, 1.807) is 19.1 Å². The lowest BCUT2D eigenvalue weighted by atomic mass is 9.99. The summed E-state index contributed by atoms with van der Waals surface area (Å²) in [5.74, 6) is 0.317. The van der Waals surface area contributed by atoms with Gasteiger partial charge < -0.3 is 16.4 Å². The number of benzene rings is 3. The lowest BCUT2D eigenvalue weighted by Gasteiger charge is -2.20. The predicted molar refractivity (Wildman–Crippen MR) is 172 cm³/mol. The number of nitrogens with zero attached hydrogens (tertiary/aromatic N) is 1. The number of rotatable bonds is 14. The molecular formula is C34H38N4O3S. The molecule has 0 bridgehead atoms. The Morgan fingerprint density at radius 1 is 0.976 bits per heavy atom. The third kappa shape index (κ3) is 8.42. The molecule has 0 fully saturated rings. The molecule has 0 radical (unpaired) electrons. The molecular weight excluding hydrogens is 544 g/mol. The predicted octanol–water partition coefficient (Wildman–Crippen LogP) is 5.95. The Bertz CT molecular complexity index is 1540. The molecule has 7 nitrogen and oxygen atoms in total. The van der Waals surface area contributed by atoms with Crippen molar-refractivity contribution in [3.05, 3.63) is 95.6 Å². The normalized spacial score (nSPS) is 11.7. The smallest absolute Gasteiger partial charge is 0.252 e. The summed E-state index contributed by atoms with van der Waals surface area (Å²) in [6.07, 6.45) is 3.44. The number of nitrogens with one attached hydrogen (secondary N) is 2. The summed E-state index contributed by atoms with van der Waals surface area (Å²) in [4.78, 5) is 43.7. The number of aromatic nitrogens is 1. The van der Waals surface area contributed by atoms with Crippen molar-refractivity contribution in [2.45, 2.75) is 52.1 Å². The van der Waals surface area contributed by atoms with Gasteiger partial charge in [-0.3, -0.25) is 14.4 Å². The average Bonchev–Trinajstić information content (AvgIpc) is 3.00. The van der Waals surface area contributed by atoms with Gasteiger partial charge in [0.15, 0.2) is 0 Å². The number of ketones is 1. The first-order valence-electron chi connectivity index (χ1n) is 14.3. The Hall–Kier alpha value is -4.17. The van der Waals surface area contributed by atoms with E-state index in [9.17, 15) is 14.4 Å². The van der Waals surface area contributed by atoms with Crippen molar-refractivity contribution in [3.8, 4) is 11.3 Å². The molecule has 0 saturated heterocycles. The van der Waals surface area contributed by atoms with Crippen LogP contribution in [0.25, 0.3) is 22.2 Å². The Morgan fingerprint density at radius 3 is 2.48 bits per heavy atom. The summed E-state index contributed by atoms with van der Waals surface area (Å²) in [6, 6.07) is 24.1. The van der Waals surface area contributed by atoms with Crippen molar-refractivity contribution in [2.24, 2.45) is 0 Å². The van der Waals surface area contributed by atoms with Crippen molar-refractivity contribution in [1.82, 2.24) is 15.6 Å². The van der Waals surface area contributed by atoms with Crippen LogP contribution in [0.15, 0.2) is 78.9 Å². The number of carbonyl (C=O) groups excluding carboxylic acids is 3. The summed E-state index contributed by atoms with van der Waals surface area (Å²) in [7, 11) is 0. The molecule has 4 aromatic rings. The van der Waals surface area contributed by atoms with Gasteiger partial charge in [0, 0.05) is 41.1 Å². The van der Waals surface area contributed by atoms with Crippen LogP contribution in [0.1, 0.15) is 54.6 Å². The van der Waals surface area contributed by atoms with Crippen molar-refractivity contribution < 1.29 is 14.4 Å². The zero-order chi connectivity index (χ0) is 29.9. The largest absolute Gasteiger partial charge is 0.398 e. The number of thioether (sulfide) groups is 1. The fourth-order valence-corrected chi connectivity index (χ4v) is 5.66. The number of carbonyl (C=O) groups is 3. The molecule has 0 aliphatic carbocycles. The molecule has 4 rings (SSSR count). The van der Waals surface area contributed by atoms with E-state index in [2.05, 4.69) is 23.6 Å². The first-order valence-corrected chi connectivity index (χ1v) is 15.5. The number of amides is 2. The van der Waals surface area contributed by atoms with Gasteiger partial charge in [-0.05, 0) is 55.2 Å². The second-order valence-corrected chi connectivity index (χ2v) is 11.5. The van der Waals surface area contributed by atoms with Gasteiger partial charge in [-0.15, -0.1) is 0 Å². The Balaban J connectivity index is 1.64. The summed E-state index contributed by atoms with van der Waals surface area (Å²) in [5, 5.41) is 6.67. The molecule has 4 N–H and O–H groups in total. The number of pyridine rings is 1. The second-order valence-electron chi connectivity index (χ2n) is 10.3. The standard InChI is InChI=1S/C34H38N4O3S/c1-3-4-10-24-15-16-30-27(19-24)28(20-31(37-30)25-11-6-5-7-12-25)33(40)38-32(22-42-18-17-23(2)39)34(41)36-21-26-13-8-9-14-29(26)35/h5-9,11-16,19-20,32H,3-4,10,17-18,21-22,35H2,1-2H3,(H,36,41)(H,38,40). The third-order valence-electron chi connectivity index (χ3n) is 7.02. The number of hydrogen-bond donors (Lipinski definition) is 3. The fraction of sp³-hybridized carbons (Fsp3) is 0.294. The number of hydrogen-bond acceptors (Lipinski definition) is 6. The topological polar surface area (TPSA) is 114 Å². The number of unbranched alkanes of at least 4 members (excludes halogenated alkanes) is 1. The summed E-state index contributed by atoms with van der Waals surface area (Å²) < 4.78 is 0. The highest BCUT2D eigenvalue weighted by atomic mass is 32.2. The van der Waals surface area contributed by atoms with Crippen molar-refractivity contribution >= 4 is 45.9 Å². The van der Waals surface area contributed by atoms with Crippen LogP contribution in [0, 0.1) is 0 Å². The van der Waals surface area contributed by atoms with Gasteiger partial charge in [-0.2, -0.15) is 11.8 Å². The zero-order valence-corrected chi connectivity index (χ0v) is 25.0. The maximum atomic E-state index is 13.9. The number of anilines is 1. The molecule has 0 saturated carbocycles. The first-order chi connectivity index (χ1) is 20.4. The maximum Gasteiger partial charge on any atom is 0.252 e. The van der Waals surface area contributed by atoms with E-state index in [1.165, 1.54) is 11.8 Å². The van der Waals surface area contributed by atoms with Gasteiger partial charge in [0.1, 0.15) is 11.8 Å². The van der Waals surface area contributed by atoms with Crippen LogP contribution >= 0.6 is 11.8 Å². The molecule has 1 aromatic heterocycles. The van der Waals surface area contributed by atoms with Crippen LogP contribution in [0.2, 0.25) is 0 Å². The molecule has 0 aliphatic heterocycles. The van der Waals surface area contributed by atoms with Crippen LogP contribution in [0.3, 0.4) is 0 Å². The quantitative estimate of drug-likeness (QED) is 0.125. The van der Waals surface area contributed by atoms with Gasteiger partial charge in [0.2, 0.25) is 5.91 Å². The van der Waals surface area contributed by atoms with Crippen LogP contribution in [-0.4, -0.2) is 40.1 Å². The van der Waals surface area contributed by atoms with Gasteiger partial charge in [0.05, 0.1) is 16.8 Å². The van der Waals surface area contributed by atoms with E-state index in [1.807, 2.05) is 60.7 Å². The highest BCUT2D eigenvalue weighted by Gasteiger charge is 2.24. The Morgan fingerprint density at radius 2 is 1.74 bits per heavy atom. The lowest BCUT2D eigenvalue weighted by Crippen LogP contribution is -2.48. The van der Waals surface area contributed by atoms with E-state index < -0.39 is 6.04 Å². The third-order valence-corrected chi connectivity index (χ3v) is 8.08. The number of fused-ring (bicyclic) bond motifs is 1. The van der Waals surface area contributed by atoms with E-state index >= 15 is 0 Å². The number of Topliss-reactive ketones (excluding diaryl/α,β-unsaturated/α-hetero) is 1. The number of nitrogen functional groups attached to an aromatic ring is 1. The summed E-state index contributed by atoms with van der Waals surface area (Å²) in [6.45, 7) is 3.94. The van der Waals surface area contributed by atoms with Gasteiger partial charge in [-0.1, -0.05) is 67.9 Å². The first kappa shape index (κ1) is 30.8. The molecule has 42 heavy (non-hydrogen) atoms. The molecule has 2 amide bonds. The van der Waals surface area contributed by atoms with Crippen molar-refractivity contribution in [2.75, 3.05) is 17.2 Å². The van der Waals surface area contributed by atoms with Crippen molar-refractivity contribution in [1.29, 1.82) is 0 Å². The fourth-order valence-electron chi connectivity index (χ4n) is 4.59. The van der Waals surface area contributed by atoms with Gasteiger partial charge in [-0.25, -0.2) is 4.98 Å².